The Morgan fingerprint density at radius 2 is 2.00 bits per heavy atom. The quantitative estimate of drug-likeness (QED) is 0.778. The van der Waals surface area contributed by atoms with E-state index < -0.39 is 18.6 Å². The molecular formula is C12H12N4O4S. The van der Waals surface area contributed by atoms with Gasteiger partial charge >= 0.3 is 12.0 Å². The van der Waals surface area contributed by atoms with Crippen LogP contribution in [0.1, 0.15) is 5.82 Å². The van der Waals surface area contributed by atoms with E-state index in [9.17, 15) is 9.59 Å². The second kappa shape index (κ2) is 6.66. The van der Waals surface area contributed by atoms with Crippen LogP contribution in [0.15, 0.2) is 24.3 Å². The molecule has 110 valence electrons. The molecule has 8 nitrogen and oxygen atoms in total. The fourth-order valence-electron chi connectivity index (χ4n) is 1.39. The van der Waals surface area contributed by atoms with Crippen LogP contribution < -0.4 is 15.4 Å². The summed E-state index contributed by atoms with van der Waals surface area (Å²) < 4.78 is 8.93. The van der Waals surface area contributed by atoms with Gasteiger partial charge in [0.25, 0.3) is 0 Å². The topological polar surface area (TPSA) is 113 Å². The van der Waals surface area contributed by atoms with Crippen molar-refractivity contribution in [3.05, 3.63) is 30.1 Å². The lowest BCUT2D eigenvalue weighted by molar-refractivity contribution is -0.139. The van der Waals surface area contributed by atoms with Crippen LogP contribution >= 0.6 is 11.5 Å². The molecule has 0 aliphatic heterocycles. The first-order valence-corrected chi connectivity index (χ1v) is 6.63. The molecule has 9 heteroatoms. The molecule has 2 aromatic rings. The molecule has 0 bridgehead atoms. The average molecular weight is 308 g/mol. The van der Waals surface area contributed by atoms with Crippen molar-refractivity contribution in [2.45, 2.75) is 6.92 Å². The molecule has 21 heavy (non-hydrogen) atoms. The lowest BCUT2D eigenvalue weighted by Gasteiger charge is -2.07. The van der Waals surface area contributed by atoms with Crippen molar-refractivity contribution in [2.75, 3.05) is 17.2 Å². The van der Waals surface area contributed by atoms with Crippen LogP contribution in [0.4, 0.5) is 15.6 Å². The number of rotatable bonds is 5. The van der Waals surface area contributed by atoms with E-state index in [1.54, 1.807) is 31.2 Å². The third-order valence-electron chi connectivity index (χ3n) is 2.22. The Kier molecular flexibility index (Phi) is 4.67. The molecule has 1 aromatic carbocycles. The van der Waals surface area contributed by atoms with Gasteiger partial charge in [-0.1, -0.05) is 0 Å². The number of carboxylic acid groups (broad SMARTS) is 1. The molecule has 0 radical (unpaired) electrons. The van der Waals surface area contributed by atoms with E-state index in [-0.39, 0.29) is 0 Å². The minimum absolute atomic E-state index is 0.406. The van der Waals surface area contributed by atoms with Gasteiger partial charge in [0.2, 0.25) is 5.13 Å². The van der Waals surface area contributed by atoms with Gasteiger partial charge in [0.15, 0.2) is 6.61 Å². The molecule has 0 saturated heterocycles. The summed E-state index contributed by atoms with van der Waals surface area (Å²) in [7, 11) is 0. The van der Waals surface area contributed by atoms with E-state index in [0.717, 1.165) is 11.5 Å². The highest BCUT2D eigenvalue weighted by molar-refractivity contribution is 7.09. The SMILES string of the molecule is Cc1nsc(NC(=O)Nc2ccc(OCC(=O)O)cc2)n1. The van der Waals surface area contributed by atoms with Gasteiger partial charge in [-0.3, -0.25) is 5.32 Å². The maximum Gasteiger partial charge on any atom is 0.341 e. The zero-order valence-corrected chi connectivity index (χ0v) is 11.8. The molecule has 3 N–H and O–H groups in total. The molecule has 0 unspecified atom stereocenters. The monoisotopic (exact) mass is 308 g/mol. The fraction of sp³-hybridized carbons (Fsp3) is 0.167. The molecule has 0 fully saturated rings. The molecular weight excluding hydrogens is 296 g/mol. The summed E-state index contributed by atoms with van der Waals surface area (Å²) in [6.07, 6.45) is 0. The molecule has 0 atom stereocenters. The number of amides is 2. The number of carbonyl (C=O) groups excluding carboxylic acids is 1. The van der Waals surface area contributed by atoms with Crippen molar-refractivity contribution in [3.63, 3.8) is 0 Å². The fourth-order valence-corrected chi connectivity index (χ4v) is 1.96. The van der Waals surface area contributed by atoms with Crippen LogP contribution in [0.25, 0.3) is 0 Å². The van der Waals surface area contributed by atoms with Gasteiger partial charge in [0, 0.05) is 17.2 Å². The Morgan fingerprint density at radius 1 is 1.29 bits per heavy atom. The standard InChI is InChI=1S/C12H12N4O4S/c1-7-13-12(21-16-7)15-11(19)14-8-2-4-9(5-3-8)20-6-10(17)18/h2-5H,6H2,1H3,(H,17,18)(H2,13,14,15,16,19). The minimum atomic E-state index is -1.05. The highest BCUT2D eigenvalue weighted by Gasteiger charge is 2.06. The van der Waals surface area contributed by atoms with Gasteiger partial charge in [0.1, 0.15) is 11.6 Å². The van der Waals surface area contributed by atoms with Gasteiger partial charge < -0.3 is 15.2 Å². The van der Waals surface area contributed by atoms with E-state index in [1.807, 2.05) is 0 Å². The number of ether oxygens (including phenoxy) is 1. The van der Waals surface area contributed by atoms with Gasteiger partial charge in [-0.2, -0.15) is 4.37 Å². The molecule has 1 heterocycles. The number of anilines is 2. The highest BCUT2D eigenvalue weighted by atomic mass is 32.1. The molecule has 0 saturated carbocycles. The lowest BCUT2D eigenvalue weighted by atomic mass is 10.3. The van der Waals surface area contributed by atoms with Crippen LogP contribution in [0.2, 0.25) is 0 Å². The van der Waals surface area contributed by atoms with Gasteiger partial charge in [-0.15, -0.1) is 0 Å². The molecule has 2 amide bonds. The van der Waals surface area contributed by atoms with Gasteiger partial charge in [0.05, 0.1) is 0 Å². The highest BCUT2D eigenvalue weighted by Crippen LogP contribution is 2.16. The maximum atomic E-state index is 11.7. The summed E-state index contributed by atoms with van der Waals surface area (Å²) in [6.45, 7) is 1.32. The number of urea groups is 1. The summed E-state index contributed by atoms with van der Waals surface area (Å²) in [5.41, 5.74) is 0.538. The van der Waals surface area contributed by atoms with Crippen molar-refractivity contribution >= 4 is 34.4 Å². The zero-order chi connectivity index (χ0) is 15.2. The lowest BCUT2D eigenvalue weighted by Crippen LogP contribution is -2.19. The summed E-state index contributed by atoms with van der Waals surface area (Å²) in [5.74, 6) is -0.0535. The summed E-state index contributed by atoms with van der Waals surface area (Å²) >= 11 is 1.09. The van der Waals surface area contributed by atoms with Gasteiger partial charge in [-0.25, -0.2) is 14.6 Å². The number of carboxylic acids is 1. The normalized spacial score (nSPS) is 9.95. The van der Waals surface area contributed by atoms with Crippen LogP contribution in [0.3, 0.4) is 0 Å². The zero-order valence-electron chi connectivity index (χ0n) is 11.0. The summed E-state index contributed by atoms with van der Waals surface area (Å²) in [4.78, 5) is 26.1. The Labute approximate surface area is 123 Å². The Morgan fingerprint density at radius 3 is 2.57 bits per heavy atom. The van der Waals surface area contributed by atoms with E-state index in [4.69, 9.17) is 9.84 Å². The maximum absolute atomic E-state index is 11.7. The van der Waals surface area contributed by atoms with Crippen LogP contribution in [-0.2, 0) is 4.79 Å². The molecule has 1 aromatic heterocycles. The van der Waals surface area contributed by atoms with Crippen molar-refractivity contribution < 1.29 is 19.4 Å². The van der Waals surface area contributed by atoms with Gasteiger partial charge in [-0.05, 0) is 31.2 Å². The smallest absolute Gasteiger partial charge is 0.341 e. The second-order valence-electron chi connectivity index (χ2n) is 3.93. The van der Waals surface area contributed by atoms with Crippen LogP contribution in [0, 0.1) is 6.92 Å². The number of hydrogen-bond donors (Lipinski definition) is 3. The van der Waals surface area contributed by atoms with Crippen LogP contribution in [0.5, 0.6) is 5.75 Å². The summed E-state index contributed by atoms with van der Waals surface area (Å²) in [6, 6.07) is 5.89. The number of nitrogens with one attached hydrogen (secondary N) is 2. The first kappa shape index (κ1) is 14.7. The Hall–Kier alpha value is -2.68. The van der Waals surface area contributed by atoms with Crippen molar-refractivity contribution in [2.24, 2.45) is 0 Å². The Bertz CT molecular complexity index is 641. The first-order chi connectivity index (χ1) is 10.0. The number of carbonyl (C=O) groups is 2. The van der Waals surface area contributed by atoms with Crippen LogP contribution in [-0.4, -0.2) is 33.1 Å². The second-order valence-corrected chi connectivity index (χ2v) is 4.68. The third kappa shape index (κ3) is 4.73. The number of aromatic nitrogens is 2. The Balaban J connectivity index is 1.87. The number of aliphatic carboxylic acids is 1. The molecule has 0 spiro atoms. The number of aryl methyl sites for hydroxylation is 1. The molecule has 0 aliphatic carbocycles. The van der Waals surface area contributed by atoms with Crippen molar-refractivity contribution in [3.8, 4) is 5.75 Å². The predicted octanol–water partition coefficient (Wildman–Crippen LogP) is 1.95. The number of nitrogens with zero attached hydrogens (tertiary/aromatic N) is 2. The molecule has 0 aliphatic rings. The predicted molar refractivity (Wildman–Crippen MR) is 76.9 cm³/mol. The van der Waals surface area contributed by atoms with E-state index >= 15 is 0 Å². The van der Waals surface area contributed by atoms with E-state index in [0.29, 0.717) is 22.4 Å². The number of benzene rings is 1. The number of hydrogen-bond acceptors (Lipinski definition) is 6. The van der Waals surface area contributed by atoms with Crippen molar-refractivity contribution in [1.82, 2.24) is 9.36 Å². The molecule has 2 rings (SSSR count). The first-order valence-electron chi connectivity index (χ1n) is 5.86. The average Bonchev–Trinajstić information content (AvgIpc) is 2.83. The largest absolute Gasteiger partial charge is 0.482 e. The van der Waals surface area contributed by atoms with E-state index in [2.05, 4.69) is 20.0 Å². The summed E-state index contributed by atoms with van der Waals surface area (Å²) in [5, 5.41) is 14.1. The van der Waals surface area contributed by atoms with E-state index in [1.165, 1.54) is 0 Å². The third-order valence-corrected chi connectivity index (χ3v) is 2.94. The van der Waals surface area contributed by atoms with Crippen molar-refractivity contribution in [1.29, 1.82) is 0 Å². The minimum Gasteiger partial charge on any atom is -0.482 e.